The Bertz CT molecular complexity index is 1420. The van der Waals surface area contributed by atoms with Crippen LogP contribution >= 0.6 is 23.1 Å². The zero-order valence-corrected chi connectivity index (χ0v) is 24.1. The molecule has 1 heterocycles. The van der Waals surface area contributed by atoms with Crippen LogP contribution in [0.2, 0.25) is 0 Å². The molecule has 204 valence electrons. The second-order valence-electron chi connectivity index (χ2n) is 9.64. The molecule has 0 aliphatic carbocycles. The van der Waals surface area contributed by atoms with Crippen LogP contribution in [0.5, 0.6) is 0 Å². The van der Waals surface area contributed by atoms with Crippen LogP contribution in [-0.4, -0.2) is 53.9 Å². The van der Waals surface area contributed by atoms with Crippen LogP contribution in [0.25, 0.3) is 11.1 Å². The molecule has 0 radical (unpaired) electrons. The Morgan fingerprint density at radius 2 is 1.62 bits per heavy atom. The Balaban J connectivity index is 0.00000441. The van der Waals surface area contributed by atoms with E-state index in [0.717, 1.165) is 28.8 Å². The van der Waals surface area contributed by atoms with E-state index in [4.69, 9.17) is 0 Å². The van der Waals surface area contributed by atoms with Crippen molar-refractivity contribution in [2.75, 3.05) is 16.9 Å². The van der Waals surface area contributed by atoms with Gasteiger partial charge in [-0.2, -0.15) is 11.8 Å². The fourth-order valence-electron chi connectivity index (χ4n) is 4.53. The molecule has 4 aromatic rings. The third-order valence-corrected chi connectivity index (χ3v) is 8.35. The van der Waals surface area contributed by atoms with E-state index in [1.165, 1.54) is 16.1 Å². The summed E-state index contributed by atoms with van der Waals surface area (Å²) in [5.74, 6) is -0.738. The van der Waals surface area contributed by atoms with Gasteiger partial charge in [0.25, 0.3) is 5.91 Å². The number of rotatable bonds is 12. The number of nitrogens with zero attached hydrogens (tertiary/aromatic N) is 1. The average Bonchev–Trinajstić information content (AvgIpc) is 3.37. The third-order valence-electron chi connectivity index (χ3n) is 6.60. The third kappa shape index (κ3) is 8.28. The summed E-state index contributed by atoms with van der Waals surface area (Å²) in [7, 11) is 0. The molecule has 40 heavy (non-hydrogen) atoms. The van der Waals surface area contributed by atoms with E-state index in [-0.39, 0.29) is 24.8 Å². The summed E-state index contributed by atoms with van der Waals surface area (Å²) in [6.07, 6.45) is 2.29. The van der Waals surface area contributed by atoms with Gasteiger partial charge in [0.15, 0.2) is 0 Å². The Kier molecular flexibility index (Phi) is 12.0. The average molecular weight is 567 g/mol. The normalized spacial score (nSPS) is 11.4. The van der Waals surface area contributed by atoms with Gasteiger partial charge in [-0.15, -0.1) is 11.3 Å². The molecule has 8 heteroatoms. The number of thiophene rings is 1. The van der Waals surface area contributed by atoms with Gasteiger partial charge in [0.1, 0.15) is 6.04 Å². The molecule has 0 saturated carbocycles. The van der Waals surface area contributed by atoms with E-state index in [1.54, 1.807) is 23.1 Å². The van der Waals surface area contributed by atoms with Crippen LogP contribution < -0.4 is 10.2 Å². The zero-order chi connectivity index (χ0) is 27.8. The van der Waals surface area contributed by atoms with E-state index in [9.17, 15) is 14.7 Å². The number of benzene rings is 3. The Labute approximate surface area is 257 Å². The maximum atomic E-state index is 13.4. The number of aliphatic carboxylic acids is 1. The van der Waals surface area contributed by atoms with Crippen molar-refractivity contribution >= 4 is 58.8 Å². The molecule has 0 bridgehead atoms. The molecule has 0 aliphatic heterocycles. The number of anilines is 1. The first-order valence-corrected chi connectivity index (χ1v) is 15.2. The molecule has 0 saturated heterocycles. The van der Waals surface area contributed by atoms with Crippen molar-refractivity contribution in [1.82, 2.24) is 5.32 Å². The molecule has 0 aliphatic rings. The first-order valence-electron chi connectivity index (χ1n) is 12.9. The molecular weight excluding hydrogens is 531 g/mol. The number of hydrogen-bond acceptors (Lipinski definition) is 5. The molecular formula is C32H35LiN2O3S2. The van der Waals surface area contributed by atoms with Crippen molar-refractivity contribution in [3.63, 3.8) is 0 Å². The summed E-state index contributed by atoms with van der Waals surface area (Å²) >= 11 is 3.29. The van der Waals surface area contributed by atoms with E-state index < -0.39 is 12.0 Å². The maximum absolute atomic E-state index is 13.4. The van der Waals surface area contributed by atoms with Crippen molar-refractivity contribution in [3.8, 4) is 11.1 Å². The first kappa shape index (κ1) is 31.6. The van der Waals surface area contributed by atoms with Gasteiger partial charge in [-0.05, 0) is 89.2 Å². The molecule has 0 fully saturated rings. The second-order valence-corrected chi connectivity index (χ2v) is 11.5. The summed E-state index contributed by atoms with van der Waals surface area (Å²) < 4.78 is 0. The summed E-state index contributed by atoms with van der Waals surface area (Å²) in [6, 6.07) is 25.5. The molecule has 1 amide bonds. The molecule has 0 spiro atoms. The van der Waals surface area contributed by atoms with Crippen molar-refractivity contribution in [2.24, 2.45) is 0 Å². The Morgan fingerprint density at radius 1 is 0.925 bits per heavy atom. The van der Waals surface area contributed by atoms with Gasteiger partial charge in [0, 0.05) is 18.7 Å². The summed E-state index contributed by atoms with van der Waals surface area (Å²) in [5.41, 5.74) is 6.82. The number of carbonyl (C=O) groups is 2. The van der Waals surface area contributed by atoms with Crippen molar-refractivity contribution in [2.45, 2.75) is 39.4 Å². The van der Waals surface area contributed by atoms with Gasteiger partial charge in [0.05, 0.1) is 5.00 Å². The monoisotopic (exact) mass is 566 g/mol. The molecule has 1 aromatic heterocycles. The van der Waals surface area contributed by atoms with Crippen LogP contribution in [0, 0.1) is 13.8 Å². The van der Waals surface area contributed by atoms with E-state index in [1.807, 2.05) is 55.6 Å². The molecule has 2 N–H and O–H groups in total. The molecule has 3 aromatic carbocycles. The standard InChI is InChI=1S/C32H34N2O3S2.Li.H/c1-22-17-30(39-21-22)34(19-24-10-5-4-6-11-24)20-25-13-14-27(28(18-25)26-12-8-7-9-23(26)2)31(35)33-29(32(36)37)15-16-38-3;;/h4-14,17-18,21,29H,15-16,19-20H2,1-3H3,(H,33,35)(H,36,37);;. The number of carbonyl (C=O) groups excluding carboxylic acids is 1. The predicted octanol–water partition coefficient (Wildman–Crippen LogP) is 6.53. The van der Waals surface area contributed by atoms with Gasteiger partial charge in [-0.1, -0.05) is 60.7 Å². The van der Waals surface area contributed by atoms with Crippen molar-refractivity contribution in [3.05, 3.63) is 112 Å². The minimum atomic E-state index is -1.02. The number of carboxylic acid groups (broad SMARTS) is 1. The van der Waals surface area contributed by atoms with E-state index in [0.29, 0.717) is 24.3 Å². The van der Waals surface area contributed by atoms with E-state index >= 15 is 0 Å². The molecule has 5 nitrogen and oxygen atoms in total. The molecule has 1 atom stereocenters. The van der Waals surface area contributed by atoms with Gasteiger partial charge in [0.2, 0.25) is 0 Å². The van der Waals surface area contributed by atoms with Gasteiger partial charge in [-0.3, -0.25) is 4.79 Å². The molecule has 4 rings (SSSR count). The zero-order valence-electron chi connectivity index (χ0n) is 22.5. The van der Waals surface area contributed by atoms with Crippen LogP contribution in [0.4, 0.5) is 5.00 Å². The topological polar surface area (TPSA) is 69.6 Å². The number of carboxylic acids is 1. The quantitative estimate of drug-likeness (QED) is 0.191. The number of amides is 1. The van der Waals surface area contributed by atoms with Crippen molar-refractivity contribution < 1.29 is 14.7 Å². The van der Waals surface area contributed by atoms with Crippen LogP contribution in [0.3, 0.4) is 0 Å². The summed E-state index contributed by atoms with van der Waals surface area (Å²) in [4.78, 5) is 27.6. The first-order chi connectivity index (χ1) is 18.9. The summed E-state index contributed by atoms with van der Waals surface area (Å²) in [6.45, 7) is 5.56. The fourth-order valence-corrected chi connectivity index (χ4v) is 5.91. The van der Waals surface area contributed by atoms with Crippen LogP contribution in [0.1, 0.15) is 39.0 Å². The van der Waals surface area contributed by atoms with E-state index in [2.05, 4.69) is 58.9 Å². The fraction of sp³-hybridized carbons (Fsp3) is 0.250. The predicted molar refractivity (Wildman–Crippen MR) is 171 cm³/mol. The number of aryl methyl sites for hydroxylation is 2. The Morgan fingerprint density at radius 3 is 2.27 bits per heavy atom. The summed E-state index contributed by atoms with van der Waals surface area (Å²) in [5, 5.41) is 15.8. The van der Waals surface area contributed by atoms with Gasteiger partial charge < -0.3 is 15.3 Å². The second kappa shape index (κ2) is 15.2. The van der Waals surface area contributed by atoms with Crippen LogP contribution in [-0.2, 0) is 17.9 Å². The number of nitrogens with one attached hydrogen (secondary N) is 1. The molecule has 1 unspecified atom stereocenters. The number of thioether (sulfide) groups is 1. The van der Waals surface area contributed by atoms with Gasteiger partial charge >= 0.3 is 24.8 Å². The Hall–Kier alpha value is -2.95. The van der Waals surface area contributed by atoms with Crippen molar-refractivity contribution in [1.29, 1.82) is 0 Å². The minimum absolute atomic E-state index is 0. The van der Waals surface area contributed by atoms with Gasteiger partial charge in [-0.25, -0.2) is 4.79 Å². The van der Waals surface area contributed by atoms with Crippen LogP contribution in [0.15, 0.2) is 84.2 Å². The SMILES string of the molecule is CSCCC(NC(=O)c1ccc(CN(Cc2ccccc2)c2cc(C)cs2)cc1-c1ccccc1C)C(=O)O.[LiH]. The number of hydrogen-bond donors (Lipinski definition) is 2.